The van der Waals surface area contributed by atoms with E-state index in [9.17, 15) is 4.79 Å². The van der Waals surface area contributed by atoms with E-state index >= 15 is 0 Å². The maximum absolute atomic E-state index is 11.8. The molecule has 3 nitrogen and oxygen atoms in total. The van der Waals surface area contributed by atoms with E-state index in [2.05, 4.69) is 4.98 Å². The summed E-state index contributed by atoms with van der Waals surface area (Å²) < 4.78 is 5.03. The highest BCUT2D eigenvalue weighted by molar-refractivity contribution is 5.96. The fourth-order valence-electron chi connectivity index (χ4n) is 1.72. The van der Waals surface area contributed by atoms with E-state index in [1.54, 1.807) is 25.3 Å². The summed E-state index contributed by atoms with van der Waals surface area (Å²) in [5, 5.41) is 0. The van der Waals surface area contributed by atoms with Gasteiger partial charge in [-0.05, 0) is 26.0 Å². The van der Waals surface area contributed by atoms with E-state index in [0.717, 1.165) is 5.56 Å². The summed E-state index contributed by atoms with van der Waals surface area (Å²) in [5.74, 6) is -0.332. The lowest BCUT2D eigenvalue weighted by Crippen LogP contribution is -2.07. The highest BCUT2D eigenvalue weighted by Gasteiger charge is 2.14. The van der Waals surface area contributed by atoms with Gasteiger partial charge in [-0.25, -0.2) is 4.79 Å². The second-order valence-electron chi connectivity index (χ2n) is 3.99. The van der Waals surface area contributed by atoms with Crippen molar-refractivity contribution in [2.24, 2.45) is 0 Å². The number of carbonyl (C=O) groups is 1. The van der Waals surface area contributed by atoms with Crippen LogP contribution in [0.4, 0.5) is 0 Å². The molecule has 0 aliphatic rings. The van der Waals surface area contributed by atoms with E-state index < -0.39 is 0 Å². The Labute approximate surface area is 106 Å². The zero-order chi connectivity index (χ0) is 13.0. The van der Waals surface area contributed by atoms with Gasteiger partial charge in [0.15, 0.2) is 0 Å². The second kappa shape index (κ2) is 5.45. The van der Waals surface area contributed by atoms with Gasteiger partial charge in [-0.15, -0.1) is 0 Å². The van der Waals surface area contributed by atoms with Crippen molar-refractivity contribution in [3.05, 3.63) is 53.7 Å². The summed E-state index contributed by atoms with van der Waals surface area (Å²) in [6, 6.07) is 11.4. The minimum atomic E-state index is -0.332. The standard InChI is InChI=1S/C15H15NO2/c1-3-18-15(17)13-5-4-10-16-14(13)12-8-6-11(2)7-9-12/h4-10H,3H2,1-2H3. The van der Waals surface area contributed by atoms with Gasteiger partial charge in [-0.2, -0.15) is 0 Å². The Balaban J connectivity index is 2.44. The van der Waals surface area contributed by atoms with Crippen molar-refractivity contribution in [2.45, 2.75) is 13.8 Å². The normalized spacial score (nSPS) is 10.1. The van der Waals surface area contributed by atoms with Crippen LogP contribution in [0.25, 0.3) is 11.3 Å². The number of nitrogens with zero attached hydrogens (tertiary/aromatic N) is 1. The monoisotopic (exact) mass is 241 g/mol. The van der Waals surface area contributed by atoms with Gasteiger partial charge < -0.3 is 4.74 Å². The molecule has 0 saturated heterocycles. The Bertz CT molecular complexity index is 547. The van der Waals surface area contributed by atoms with Crippen LogP contribution in [-0.4, -0.2) is 17.6 Å². The third kappa shape index (κ3) is 2.56. The van der Waals surface area contributed by atoms with Gasteiger partial charge in [0.1, 0.15) is 0 Å². The van der Waals surface area contributed by atoms with Crippen LogP contribution in [0.1, 0.15) is 22.8 Å². The van der Waals surface area contributed by atoms with Crippen LogP contribution in [0, 0.1) is 6.92 Å². The van der Waals surface area contributed by atoms with Crippen LogP contribution in [0.2, 0.25) is 0 Å². The van der Waals surface area contributed by atoms with Crippen molar-refractivity contribution in [1.82, 2.24) is 4.98 Å². The van der Waals surface area contributed by atoms with Crippen molar-refractivity contribution < 1.29 is 9.53 Å². The number of esters is 1. The first kappa shape index (κ1) is 12.3. The number of benzene rings is 1. The predicted octanol–water partition coefficient (Wildman–Crippen LogP) is 3.23. The molecule has 92 valence electrons. The van der Waals surface area contributed by atoms with Crippen LogP contribution in [0.3, 0.4) is 0 Å². The third-order valence-electron chi connectivity index (χ3n) is 2.63. The molecule has 1 heterocycles. The molecule has 1 aromatic heterocycles. The molecule has 0 fully saturated rings. The van der Waals surface area contributed by atoms with Gasteiger partial charge in [0.25, 0.3) is 0 Å². The Morgan fingerprint density at radius 1 is 1.22 bits per heavy atom. The quantitative estimate of drug-likeness (QED) is 0.774. The number of carbonyl (C=O) groups excluding carboxylic acids is 1. The minimum absolute atomic E-state index is 0.332. The molecule has 0 bridgehead atoms. The van der Waals surface area contributed by atoms with E-state index in [1.807, 2.05) is 31.2 Å². The third-order valence-corrected chi connectivity index (χ3v) is 2.63. The summed E-state index contributed by atoms with van der Waals surface area (Å²) in [6.07, 6.45) is 1.68. The summed E-state index contributed by atoms with van der Waals surface area (Å²) >= 11 is 0. The van der Waals surface area contributed by atoms with Gasteiger partial charge in [-0.3, -0.25) is 4.98 Å². The molecule has 0 amide bonds. The van der Waals surface area contributed by atoms with Gasteiger partial charge in [0.2, 0.25) is 0 Å². The van der Waals surface area contributed by atoms with Crippen LogP contribution in [-0.2, 0) is 4.74 Å². The number of aromatic nitrogens is 1. The maximum atomic E-state index is 11.8. The molecule has 0 spiro atoms. The number of pyridine rings is 1. The second-order valence-corrected chi connectivity index (χ2v) is 3.99. The van der Waals surface area contributed by atoms with Crippen molar-refractivity contribution in [2.75, 3.05) is 6.61 Å². The zero-order valence-corrected chi connectivity index (χ0v) is 10.5. The largest absolute Gasteiger partial charge is 0.462 e. The van der Waals surface area contributed by atoms with Crippen LogP contribution in [0.5, 0.6) is 0 Å². The summed E-state index contributed by atoms with van der Waals surface area (Å²) in [7, 11) is 0. The molecule has 0 aliphatic carbocycles. The number of aryl methyl sites for hydroxylation is 1. The number of hydrogen-bond acceptors (Lipinski definition) is 3. The lowest BCUT2D eigenvalue weighted by atomic mass is 10.0. The van der Waals surface area contributed by atoms with Crippen LogP contribution >= 0.6 is 0 Å². The van der Waals surface area contributed by atoms with E-state index in [4.69, 9.17) is 4.74 Å². The average molecular weight is 241 g/mol. The van der Waals surface area contributed by atoms with Crippen molar-refractivity contribution in [1.29, 1.82) is 0 Å². The van der Waals surface area contributed by atoms with Gasteiger partial charge >= 0.3 is 5.97 Å². The minimum Gasteiger partial charge on any atom is -0.462 e. The van der Waals surface area contributed by atoms with Crippen LogP contribution in [0.15, 0.2) is 42.6 Å². The Kier molecular flexibility index (Phi) is 3.72. The Morgan fingerprint density at radius 2 is 1.94 bits per heavy atom. The predicted molar refractivity (Wildman–Crippen MR) is 70.4 cm³/mol. The van der Waals surface area contributed by atoms with Gasteiger partial charge in [0.05, 0.1) is 17.9 Å². The molecule has 0 atom stereocenters. The summed E-state index contributed by atoms with van der Waals surface area (Å²) in [6.45, 7) is 4.18. The molecule has 0 radical (unpaired) electrons. The van der Waals surface area contributed by atoms with E-state index in [-0.39, 0.29) is 5.97 Å². The number of hydrogen-bond donors (Lipinski definition) is 0. The molecule has 18 heavy (non-hydrogen) atoms. The maximum Gasteiger partial charge on any atom is 0.340 e. The first-order valence-corrected chi connectivity index (χ1v) is 5.91. The van der Waals surface area contributed by atoms with Crippen molar-refractivity contribution in [3.63, 3.8) is 0 Å². The van der Waals surface area contributed by atoms with E-state index in [0.29, 0.717) is 17.9 Å². The number of rotatable bonds is 3. The molecular formula is C15H15NO2. The summed E-state index contributed by atoms with van der Waals surface area (Å²) in [4.78, 5) is 16.1. The molecule has 0 N–H and O–H groups in total. The highest BCUT2D eigenvalue weighted by atomic mass is 16.5. The fraction of sp³-hybridized carbons (Fsp3) is 0.200. The van der Waals surface area contributed by atoms with Crippen molar-refractivity contribution >= 4 is 5.97 Å². The number of ether oxygens (including phenoxy) is 1. The Morgan fingerprint density at radius 3 is 2.61 bits per heavy atom. The molecule has 2 rings (SSSR count). The lowest BCUT2D eigenvalue weighted by Gasteiger charge is -2.07. The molecule has 0 saturated carbocycles. The van der Waals surface area contributed by atoms with Crippen LogP contribution < -0.4 is 0 Å². The first-order chi connectivity index (χ1) is 8.72. The molecular weight excluding hydrogens is 226 g/mol. The summed E-state index contributed by atoms with van der Waals surface area (Å²) in [5.41, 5.74) is 3.26. The molecule has 2 aromatic rings. The molecule has 1 aromatic carbocycles. The lowest BCUT2D eigenvalue weighted by molar-refractivity contribution is 0.0527. The van der Waals surface area contributed by atoms with E-state index in [1.165, 1.54) is 5.56 Å². The van der Waals surface area contributed by atoms with Gasteiger partial charge in [-0.1, -0.05) is 29.8 Å². The van der Waals surface area contributed by atoms with Crippen molar-refractivity contribution in [3.8, 4) is 11.3 Å². The smallest absolute Gasteiger partial charge is 0.340 e. The fourth-order valence-corrected chi connectivity index (χ4v) is 1.72. The highest BCUT2D eigenvalue weighted by Crippen LogP contribution is 2.22. The average Bonchev–Trinajstić information content (AvgIpc) is 2.40. The zero-order valence-electron chi connectivity index (χ0n) is 10.5. The first-order valence-electron chi connectivity index (χ1n) is 5.91. The van der Waals surface area contributed by atoms with Gasteiger partial charge in [0, 0.05) is 11.8 Å². The SMILES string of the molecule is CCOC(=O)c1cccnc1-c1ccc(C)cc1. The topological polar surface area (TPSA) is 39.2 Å². The Hall–Kier alpha value is -2.16. The molecule has 0 aliphatic heterocycles. The molecule has 3 heteroatoms. The molecule has 0 unspecified atom stereocenters.